The third-order valence-corrected chi connectivity index (χ3v) is 3.64. The SMILES string of the molecule is Nc1cc(Br)c(F)cc1NCCN1CCCC1. The van der Waals surface area contributed by atoms with Crippen LogP contribution < -0.4 is 11.1 Å². The largest absolute Gasteiger partial charge is 0.397 e. The maximum Gasteiger partial charge on any atom is 0.139 e. The quantitative estimate of drug-likeness (QED) is 0.840. The molecule has 0 aliphatic carbocycles. The number of benzene rings is 1. The van der Waals surface area contributed by atoms with Crippen LogP contribution in [0.25, 0.3) is 0 Å². The molecule has 5 heteroatoms. The smallest absolute Gasteiger partial charge is 0.139 e. The van der Waals surface area contributed by atoms with Gasteiger partial charge >= 0.3 is 0 Å². The van der Waals surface area contributed by atoms with E-state index in [0.717, 1.165) is 13.1 Å². The monoisotopic (exact) mass is 301 g/mol. The summed E-state index contributed by atoms with van der Waals surface area (Å²) in [7, 11) is 0. The summed E-state index contributed by atoms with van der Waals surface area (Å²) in [6.45, 7) is 4.13. The zero-order chi connectivity index (χ0) is 12.3. The summed E-state index contributed by atoms with van der Waals surface area (Å²) in [6, 6.07) is 3.02. The number of anilines is 2. The molecule has 0 spiro atoms. The van der Waals surface area contributed by atoms with Crippen LogP contribution in [0.3, 0.4) is 0 Å². The molecule has 2 rings (SSSR count). The van der Waals surface area contributed by atoms with Gasteiger partial charge < -0.3 is 16.0 Å². The van der Waals surface area contributed by atoms with E-state index < -0.39 is 0 Å². The number of likely N-dealkylation sites (tertiary alicyclic amines) is 1. The van der Waals surface area contributed by atoms with Crippen molar-refractivity contribution in [2.24, 2.45) is 0 Å². The van der Waals surface area contributed by atoms with Crippen molar-refractivity contribution in [1.29, 1.82) is 0 Å². The molecule has 1 heterocycles. The predicted molar refractivity (Wildman–Crippen MR) is 72.7 cm³/mol. The Morgan fingerprint density at radius 1 is 1.35 bits per heavy atom. The number of nitrogens with two attached hydrogens (primary N) is 1. The topological polar surface area (TPSA) is 41.3 Å². The van der Waals surface area contributed by atoms with E-state index in [9.17, 15) is 4.39 Å². The van der Waals surface area contributed by atoms with Crippen LogP contribution in [0.1, 0.15) is 12.8 Å². The van der Waals surface area contributed by atoms with Gasteiger partial charge in [0.1, 0.15) is 5.82 Å². The number of nitrogens with one attached hydrogen (secondary N) is 1. The zero-order valence-electron chi connectivity index (χ0n) is 9.68. The van der Waals surface area contributed by atoms with Crippen molar-refractivity contribution in [2.75, 3.05) is 37.2 Å². The summed E-state index contributed by atoms with van der Waals surface area (Å²) in [5.74, 6) is -0.289. The number of halogens is 2. The van der Waals surface area contributed by atoms with Crippen molar-refractivity contribution in [3.63, 3.8) is 0 Å². The Bertz CT molecular complexity index is 392. The highest BCUT2D eigenvalue weighted by atomic mass is 79.9. The lowest BCUT2D eigenvalue weighted by Gasteiger charge is -2.16. The Hall–Kier alpha value is -0.810. The molecule has 1 fully saturated rings. The molecule has 1 aliphatic heterocycles. The molecule has 3 nitrogen and oxygen atoms in total. The summed E-state index contributed by atoms with van der Waals surface area (Å²) in [4.78, 5) is 2.40. The van der Waals surface area contributed by atoms with Crippen LogP contribution in [-0.2, 0) is 0 Å². The van der Waals surface area contributed by atoms with Crippen molar-refractivity contribution >= 4 is 27.3 Å². The fourth-order valence-corrected chi connectivity index (χ4v) is 2.43. The highest BCUT2D eigenvalue weighted by Gasteiger charge is 2.11. The van der Waals surface area contributed by atoms with Crippen molar-refractivity contribution in [3.8, 4) is 0 Å². The normalized spacial score (nSPS) is 16.4. The van der Waals surface area contributed by atoms with E-state index in [2.05, 4.69) is 26.1 Å². The van der Waals surface area contributed by atoms with Crippen LogP contribution in [0.15, 0.2) is 16.6 Å². The minimum Gasteiger partial charge on any atom is -0.397 e. The van der Waals surface area contributed by atoms with Crippen molar-refractivity contribution in [2.45, 2.75) is 12.8 Å². The maximum atomic E-state index is 13.3. The predicted octanol–water partition coefficient (Wildman–Crippen LogP) is 2.68. The number of nitrogen functional groups attached to an aromatic ring is 1. The third kappa shape index (κ3) is 3.33. The van der Waals surface area contributed by atoms with E-state index in [1.807, 2.05) is 0 Å². The Morgan fingerprint density at radius 2 is 2.06 bits per heavy atom. The second-order valence-electron chi connectivity index (χ2n) is 4.33. The van der Waals surface area contributed by atoms with E-state index in [0.29, 0.717) is 15.8 Å². The standard InChI is InChI=1S/C12H17BrFN3/c13-9-7-11(15)12(8-10(9)14)16-3-6-17-4-1-2-5-17/h7-8,16H,1-6,15H2. The first-order chi connectivity index (χ1) is 8.16. The minimum atomic E-state index is -0.289. The van der Waals surface area contributed by atoms with Crippen LogP contribution in [0.4, 0.5) is 15.8 Å². The molecule has 1 saturated heterocycles. The molecular formula is C12H17BrFN3. The van der Waals surface area contributed by atoms with Crippen LogP contribution in [0.2, 0.25) is 0 Å². The van der Waals surface area contributed by atoms with Crippen molar-refractivity contribution < 1.29 is 4.39 Å². The van der Waals surface area contributed by atoms with Gasteiger partial charge in [0.2, 0.25) is 0 Å². The molecule has 0 atom stereocenters. The van der Waals surface area contributed by atoms with Gasteiger partial charge in [-0.25, -0.2) is 4.39 Å². The zero-order valence-corrected chi connectivity index (χ0v) is 11.3. The summed E-state index contributed by atoms with van der Waals surface area (Å²) < 4.78 is 13.7. The lowest BCUT2D eigenvalue weighted by molar-refractivity contribution is 0.352. The molecule has 0 saturated carbocycles. The number of hydrogen-bond donors (Lipinski definition) is 2. The molecule has 3 N–H and O–H groups in total. The Kier molecular flexibility index (Phi) is 4.23. The molecule has 1 aliphatic rings. The molecule has 17 heavy (non-hydrogen) atoms. The molecule has 0 radical (unpaired) electrons. The third-order valence-electron chi connectivity index (χ3n) is 3.03. The number of hydrogen-bond acceptors (Lipinski definition) is 3. The molecule has 0 unspecified atom stereocenters. The summed E-state index contributed by atoms with van der Waals surface area (Å²) in [5.41, 5.74) is 7.05. The van der Waals surface area contributed by atoms with Gasteiger partial charge in [0.15, 0.2) is 0 Å². The van der Waals surface area contributed by atoms with E-state index >= 15 is 0 Å². The van der Waals surface area contributed by atoms with Gasteiger partial charge in [-0.05, 0) is 47.9 Å². The minimum absolute atomic E-state index is 0.289. The van der Waals surface area contributed by atoms with E-state index in [1.54, 1.807) is 6.07 Å². The molecule has 1 aromatic carbocycles. The Morgan fingerprint density at radius 3 is 2.76 bits per heavy atom. The lowest BCUT2D eigenvalue weighted by Crippen LogP contribution is -2.26. The van der Waals surface area contributed by atoms with Gasteiger partial charge in [-0.3, -0.25) is 0 Å². The van der Waals surface area contributed by atoms with Crippen LogP contribution in [0, 0.1) is 5.82 Å². The first-order valence-electron chi connectivity index (χ1n) is 5.87. The van der Waals surface area contributed by atoms with Crippen LogP contribution in [0.5, 0.6) is 0 Å². The van der Waals surface area contributed by atoms with Gasteiger partial charge in [0.25, 0.3) is 0 Å². The molecule has 94 valence electrons. The number of nitrogens with zero attached hydrogens (tertiary/aromatic N) is 1. The van der Waals surface area contributed by atoms with Gasteiger partial charge in [-0.15, -0.1) is 0 Å². The van der Waals surface area contributed by atoms with E-state index in [4.69, 9.17) is 5.73 Å². The molecule has 0 bridgehead atoms. The first kappa shape index (κ1) is 12.6. The average molecular weight is 302 g/mol. The van der Waals surface area contributed by atoms with Gasteiger partial charge in [-0.2, -0.15) is 0 Å². The van der Waals surface area contributed by atoms with Crippen molar-refractivity contribution in [1.82, 2.24) is 4.90 Å². The fourth-order valence-electron chi connectivity index (χ4n) is 2.07. The summed E-state index contributed by atoms with van der Waals surface area (Å²) in [5, 5.41) is 3.18. The van der Waals surface area contributed by atoms with E-state index in [-0.39, 0.29) is 5.82 Å². The Labute approximate surface area is 109 Å². The highest BCUT2D eigenvalue weighted by Crippen LogP contribution is 2.26. The van der Waals surface area contributed by atoms with Crippen LogP contribution >= 0.6 is 15.9 Å². The van der Waals surface area contributed by atoms with Crippen molar-refractivity contribution in [3.05, 3.63) is 22.4 Å². The summed E-state index contributed by atoms with van der Waals surface area (Å²) in [6.07, 6.45) is 2.57. The summed E-state index contributed by atoms with van der Waals surface area (Å²) >= 11 is 3.11. The second kappa shape index (κ2) is 5.69. The lowest BCUT2D eigenvalue weighted by atomic mass is 10.2. The molecular weight excluding hydrogens is 285 g/mol. The average Bonchev–Trinajstić information content (AvgIpc) is 2.78. The van der Waals surface area contributed by atoms with Gasteiger partial charge in [-0.1, -0.05) is 0 Å². The Balaban J connectivity index is 1.87. The second-order valence-corrected chi connectivity index (χ2v) is 5.18. The molecule has 0 aromatic heterocycles. The highest BCUT2D eigenvalue weighted by molar-refractivity contribution is 9.10. The maximum absolute atomic E-state index is 13.3. The molecule has 0 amide bonds. The van der Waals surface area contributed by atoms with Crippen LogP contribution in [-0.4, -0.2) is 31.1 Å². The van der Waals surface area contributed by atoms with E-state index in [1.165, 1.54) is 32.0 Å². The first-order valence-corrected chi connectivity index (χ1v) is 6.67. The van der Waals surface area contributed by atoms with Gasteiger partial charge in [0.05, 0.1) is 15.8 Å². The molecule has 1 aromatic rings. The number of rotatable bonds is 4. The van der Waals surface area contributed by atoms with Gasteiger partial charge in [0, 0.05) is 19.2 Å². The fraction of sp³-hybridized carbons (Fsp3) is 0.500.